The number of hydrogen-bond donors (Lipinski definition) is 0. The number of pyridine rings is 1. The molecule has 0 saturated heterocycles. The van der Waals surface area contributed by atoms with Gasteiger partial charge in [-0.05, 0) is 24.6 Å². The van der Waals surface area contributed by atoms with Crippen molar-refractivity contribution < 1.29 is 0 Å². The summed E-state index contributed by atoms with van der Waals surface area (Å²) in [5, 5.41) is 8.53. The lowest BCUT2D eigenvalue weighted by atomic mass is 10.2. The Hall–Kier alpha value is -1.07. The van der Waals surface area contributed by atoms with Gasteiger partial charge in [-0.2, -0.15) is 5.26 Å². The number of hydrogen-bond acceptors (Lipinski definition) is 2. The van der Waals surface area contributed by atoms with Crippen LogP contribution in [0, 0.1) is 18.3 Å². The third kappa shape index (κ3) is 1.92. The monoisotopic (exact) mass is 166 g/mol. The lowest BCUT2D eigenvalue weighted by Gasteiger charge is -1.96. The molecule has 0 amide bonds. The standard InChI is InChI=1S/C8H7ClN2/c1-6-2-7(4-9)11-8(3-6)5-10/h2-3H,4H2,1H3. The van der Waals surface area contributed by atoms with E-state index in [-0.39, 0.29) is 0 Å². The summed E-state index contributed by atoms with van der Waals surface area (Å²) in [7, 11) is 0. The summed E-state index contributed by atoms with van der Waals surface area (Å²) in [6, 6.07) is 5.57. The molecule has 0 bridgehead atoms. The minimum atomic E-state index is 0.358. The third-order valence-corrected chi connectivity index (χ3v) is 1.55. The molecule has 1 rings (SSSR count). The number of halogens is 1. The molecule has 56 valence electrons. The van der Waals surface area contributed by atoms with Crippen molar-refractivity contribution in [3.05, 3.63) is 29.1 Å². The molecule has 0 unspecified atom stereocenters. The molecule has 0 aliphatic rings. The second-order valence-corrected chi connectivity index (χ2v) is 2.53. The first-order chi connectivity index (χ1) is 5.26. The highest BCUT2D eigenvalue weighted by atomic mass is 35.5. The summed E-state index contributed by atoms with van der Waals surface area (Å²) in [6.07, 6.45) is 0. The van der Waals surface area contributed by atoms with Gasteiger partial charge in [-0.25, -0.2) is 4.98 Å². The number of aryl methyl sites for hydroxylation is 1. The topological polar surface area (TPSA) is 36.7 Å². The van der Waals surface area contributed by atoms with Gasteiger partial charge in [0.1, 0.15) is 11.8 Å². The molecule has 0 aromatic carbocycles. The molecular weight excluding hydrogens is 160 g/mol. The second-order valence-electron chi connectivity index (χ2n) is 2.27. The maximum atomic E-state index is 8.53. The summed E-state index contributed by atoms with van der Waals surface area (Å²) in [6.45, 7) is 1.92. The van der Waals surface area contributed by atoms with Gasteiger partial charge >= 0.3 is 0 Å². The van der Waals surface area contributed by atoms with E-state index in [0.717, 1.165) is 11.3 Å². The van der Waals surface area contributed by atoms with Gasteiger partial charge in [-0.1, -0.05) is 0 Å². The summed E-state index contributed by atoms with van der Waals surface area (Å²) in [4.78, 5) is 3.98. The van der Waals surface area contributed by atoms with Gasteiger partial charge in [0.15, 0.2) is 0 Å². The van der Waals surface area contributed by atoms with E-state index in [2.05, 4.69) is 4.98 Å². The summed E-state index contributed by atoms with van der Waals surface area (Å²) < 4.78 is 0. The molecule has 11 heavy (non-hydrogen) atoms. The Labute approximate surface area is 70.4 Å². The van der Waals surface area contributed by atoms with Crippen LogP contribution >= 0.6 is 11.6 Å². The summed E-state index contributed by atoms with van der Waals surface area (Å²) >= 11 is 5.56. The van der Waals surface area contributed by atoms with Crippen LogP contribution in [0.1, 0.15) is 17.0 Å². The first kappa shape index (κ1) is 8.03. The second kappa shape index (κ2) is 3.36. The molecule has 0 spiro atoms. The van der Waals surface area contributed by atoms with E-state index in [1.165, 1.54) is 0 Å². The van der Waals surface area contributed by atoms with Gasteiger partial charge in [0.25, 0.3) is 0 Å². The molecule has 1 aromatic heterocycles. The largest absolute Gasteiger partial charge is 0.241 e. The molecular formula is C8H7ClN2. The lowest BCUT2D eigenvalue weighted by Crippen LogP contribution is -1.90. The molecule has 0 aliphatic carbocycles. The van der Waals surface area contributed by atoms with E-state index in [0.29, 0.717) is 11.6 Å². The van der Waals surface area contributed by atoms with Crippen LogP contribution in [0.15, 0.2) is 12.1 Å². The number of alkyl halides is 1. The Balaban J connectivity index is 3.15. The van der Waals surface area contributed by atoms with Gasteiger partial charge in [-0.15, -0.1) is 11.6 Å². The van der Waals surface area contributed by atoms with Crippen molar-refractivity contribution in [3.8, 4) is 6.07 Å². The zero-order valence-corrected chi connectivity index (χ0v) is 6.89. The van der Waals surface area contributed by atoms with E-state index in [4.69, 9.17) is 16.9 Å². The number of nitrogens with zero attached hydrogens (tertiary/aromatic N) is 2. The van der Waals surface area contributed by atoms with Crippen molar-refractivity contribution in [2.45, 2.75) is 12.8 Å². The Bertz CT molecular complexity index is 301. The quantitative estimate of drug-likeness (QED) is 0.599. The van der Waals surface area contributed by atoms with E-state index >= 15 is 0 Å². The minimum Gasteiger partial charge on any atom is -0.241 e. The van der Waals surface area contributed by atoms with Crippen molar-refractivity contribution >= 4 is 11.6 Å². The van der Waals surface area contributed by atoms with Gasteiger partial charge in [0.2, 0.25) is 0 Å². The third-order valence-electron chi connectivity index (χ3n) is 1.27. The highest BCUT2D eigenvalue weighted by Gasteiger charge is 1.97. The molecule has 0 aliphatic heterocycles. The average Bonchev–Trinajstić information content (AvgIpc) is 2.03. The first-order valence-corrected chi connectivity index (χ1v) is 3.73. The molecule has 0 saturated carbocycles. The molecule has 0 radical (unpaired) electrons. The van der Waals surface area contributed by atoms with Crippen LogP contribution in [0.25, 0.3) is 0 Å². The fourth-order valence-corrected chi connectivity index (χ4v) is 1.00. The van der Waals surface area contributed by atoms with E-state index in [1.807, 2.05) is 19.1 Å². The van der Waals surface area contributed by atoms with Gasteiger partial charge in [0.05, 0.1) is 11.6 Å². The predicted octanol–water partition coefficient (Wildman–Crippen LogP) is 2.00. The fraction of sp³-hybridized carbons (Fsp3) is 0.250. The van der Waals surface area contributed by atoms with Gasteiger partial charge < -0.3 is 0 Å². The van der Waals surface area contributed by atoms with Crippen molar-refractivity contribution in [1.82, 2.24) is 4.98 Å². The van der Waals surface area contributed by atoms with Crippen molar-refractivity contribution in [1.29, 1.82) is 5.26 Å². The smallest absolute Gasteiger partial charge is 0.141 e. The fourth-order valence-electron chi connectivity index (χ4n) is 0.865. The van der Waals surface area contributed by atoms with Crippen LogP contribution < -0.4 is 0 Å². The Morgan fingerprint density at radius 2 is 2.36 bits per heavy atom. The van der Waals surface area contributed by atoms with Gasteiger partial charge in [-0.3, -0.25) is 0 Å². The van der Waals surface area contributed by atoms with Crippen molar-refractivity contribution in [2.24, 2.45) is 0 Å². The van der Waals surface area contributed by atoms with Crippen LogP contribution in [0.3, 0.4) is 0 Å². The average molecular weight is 167 g/mol. The van der Waals surface area contributed by atoms with Crippen LogP contribution in [0.4, 0.5) is 0 Å². The summed E-state index contributed by atoms with van der Waals surface area (Å²) in [5.41, 5.74) is 2.20. The van der Waals surface area contributed by atoms with Gasteiger partial charge in [0, 0.05) is 0 Å². The van der Waals surface area contributed by atoms with Crippen LogP contribution in [0.2, 0.25) is 0 Å². The molecule has 1 heterocycles. The van der Waals surface area contributed by atoms with Crippen LogP contribution in [-0.4, -0.2) is 4.98 Å². The zero-order valence-electron chi connectivity index (χ0n) is 6.13. The number of nitriles is 1. The maximum absolute atomic E-state index is 8.53. The van der Waals surface area contributed by atoms with E-state index < -0.39 is 0 Å². The Kier molecular flexibility index (Phi) is 2.45. The zero-order chi connectivity index (χ0) is 8.27. The number of rotatable bonds is 1. The SMILES string of the molecule is Cc1cc(C#N)nc(CCl)c1. The first-order valence-electron chi connectivity index (χ1n) is 3.20. The molecule has 0 fully saturated rings. The van der Waals surface area contributed by atoms with Crippen molar-refractivity contribution in [2.75, 3.05) is 0 Å². The highest BCUT2D eigenvalue weighted by molar-refractivity contribution is 6.16. The highest BCUT2D eigenvalue weighted by Crippen LogP contribution is 2.06. The molecule has 0 atom stereocenters. The van der Waals surface area contributed by atoms with Crippen molar-refractivity contribution in [3.63, 3.8) is 0 Å². The normalized spacial score (nSPS) is 9.18. The molecule has 0 N–H and O–H groups in total. The summed E-state index contributed by atoms with van der Waals surface area (Å²) in [5.74, 6) is 0.358. The van der Waals surface area contributed by atoms with Crippen LogP contribution in [0.5, 0.6) is 0 Å². The van der Waals surface area contributed by atoms with E-state index in [9.17, 15) is 0 Å². The van der Waals surface area contributed by atoms with E-state index in [1.54, 1.807) is 6.07 Å². The number of aromatic nitrogens is 1. The Morgan fingerprint density at radius 1 is 1.64 bits per heavy atom. The lowest BCUT2D eigenvalue weighted by molar-refractivity contribution is 1.12. The molecule has 1 aromatic rings. The molecule has 3 heteroatoms. The Morgan fingerprint density at radius 3 is 2.91 bits per heavy atom. The molecule has 2 nitrogen and oxygen atoms in total. The minimum absolute atomic E-state index is 0.358. The maximum Gasteiger partial charge on any atom is 0.141 e. The van der Waals surface area contributed by atoms with Crippen LogP contribution in [-0.2, 0) is 5.88 Å². The predicted molar refractivity (Wildman–Crippen MR) is 43.2 cm³/mol.